The maximum absolute atomic E-state index is 14.1. The van der Waals surface area contributed by atoms with Gasteiger partial charge in [0.05, 0.1) is 35.4 Å². The van der Waals surface area contributed by atoms with Crippen molar-refractivity contribution in [1.82, 2.24) is 15.0 Å². The molecule has 2 aromatic heterocycles. The van der Waals surface area contributed by atoms with Crippen molar-refractivity contribution in [3.8, 4) is 11.4 Å². The van der Waals surface area contributed by atoms with E-state index in [1.54, 1.807) is 18.5 Å². The highest BCUT2D eigenvalue weighted by Gasteiger charge is 2.24. The minimum Gasteiger partial charge on any atom is -0.376 e. The number of aromatic nitrogens is 3. The normalized spacial score (nSPS) is 19.0. The molecule has 6 nitrogen and oxygen atoms in total. The van der Waals surface area contributed by atoms with Crippen molar-refractivity contribution in [2.75, 3.05) is 23.3 Å². The summed E-state index contributed by atoms with van der Waals surface area (Å²) < 4.78 is 28.2. The van der Waals surface area contributed by atoms with Crippen LogP contribution in [0.25, 0.3) is 11.4 Å². The van der Waals surface area contributed by atoms with Crippen molar-refractivity contribution in [1.29, 1.82) is 0 Å². The number of pyridine rings is 1. The number of benzene rings is 1. The first-order valence-electron chi connectivity index (χ1n) is 9.96. The molecule has 0 amide bonds. The molecule has 0 bridgehead atoms. The molecule has 1 aromatic carbocycles. The van der Waals surface area contributed by atoms with E-state index in [4.69, 9.17) is 5.73 Å². The van der Waals surface area contributed by atoms with Crippen molar-refractivity contribution in [2.45, 2.75) is 25.9 Å². The molecule has 1 aliphatic rings. The number of nitrogens with one attached hydrogen (secondary N) is 1. The summed E-state index contributed by atoms with van der Waals surface area (Å²) in [5.74, 6) is -0.850. The lowest BCUT2D eigenvalue weighted by Crippen LogP contribution is -2.46. The van der Waals surface area contributed by atoms with Crippen LogP contribution < -0.4 is 16.0 Å². The van der Waals surface area contributed by atoms with Crippen LogP contribution in [0.15, 0.2) is 48.9 Å². The Bertz CT molecular complexity index is 998. The van der Waals surface area contributed by atoms with Crippen LogP contribution in [-0.2, 0) is 6.54 Å². The van der Waals surface area contributed by atoms with Crippen molar-refractivity contribution in [2.24, 2.45) is 11.7 Å². The number of anilines is 2. The van der Waals surface area contributed by atoms with Gasteiger partial charge in [0.1, 0.15) is 11.6 Å². The Morgan fingerprint density at radius 2 is 1.93 bits per heavy atom. The Labute approximate surface area is 174 Å². The molecule has 1 saturated heterocycles. The molecular formula is C22H24F2N6. The zero-order valence-corrected chi connectivity index (χ0v) is 16.7. The molecule has 8 heteroatoms. The standard InChI is InChI=1S/C22H24F2N6/c1-14-9-15(25)13-30(12-14)20-6-7-26-11-19(20)28-10-16-5-8-27-22(29-16)21-17(23)3-2-4-18(21)24/h2-8,11,14-15,28H,9-10,12-13,25H2,1H3/t14-,15+/m1/s1. The van der Waals surface area contributed by atoms with E-state index >= 15 is 0 Å². The third-order valence-electron chi connectivity index (χ3n) is 5.19. The largest absolute Gasteiger partial charge is 0.376 e. The molecule has 3 aromatic rings. The summed E-state index contributed by atoms with van der Waals surface area (Å²) in [4.78, 5) is 14.9. The van der Waals surface area contributed by atoms with Crippen molar-refractivity contribution >= 4 is 11.4 Å². The van der Waals surface area contributed by atoms with Gasteiger partial charge in [-0.25, -0.2) is 18.7 Å². The summed E-state index contributed by atoms with van der Waals surface area (Å²) in [5.41, 5.74) is 8.48. The molecule has 3 N–H and O–H groups in total. The highest BCUT2D eigenvalue weighted by molar-refractivity contribution is 5.69. The second kappa shape index (κ2) is 8.71. The Hall–Kier alpha value is -3.13. The number of hydrogen-bond donors (Lipinski definition) is 2. The van der Waals surface area contributed by atoms with Crippen LogP contribution >= 0.6 is 0 Å². The minimum absolute atomic E-state index is 0.0205. The third-order valence-corrected chi connectivity index (χ3v) is 5.19. The van der Waals surface area contributed by atoms with Crippen molar-refractivity contribution < 1.29 is 8.78 Å². The van der Waals surface area contributed by atoms with E-state index in [2.05, 4.69) is 32.1 Å². The number of nitrogens with zero attached hydrogens (tertiary/aromatic N) is 4. The molecule has 0 saturated carbocycles. The van der Waals surface area contributed by atoms with Crippen LogP contribution in [-0.4, -0.2) is 34.1 Å². The molecule has 0 spiro atoms. The van der Waals surface area contributed by atoms with E-state index in [0.717, 1.165) is 30.9 Å². The molecule has 4 rings (SSSR count). The summed E-state index contributed by atoms with van der Waals surface area (Å²) >= 11 is 0. The van der Waals surface area contributed by atoms with Crippen LogP contribution in [0.2, 0.25) is 0 Å². The summed E-state index contributed by atoms with van der Waals surface area (Å²) in [6.45, 7) is 4.27. The molecule has 0 unspecified atom stereocenters. The lowest BCUT2D eigenvalue weighted by atomic mass is 9.96. The third kappa shape index (κ3) is 4.38. The zero-order chi connectivity index (χ0) is 21.1. The van der Waals surface area contributed by atoms with Crippen LogP contribution in [0.1, 0.15) is 19.0 Å². The fourth-order valence-corrected chi connectivity index (χ4v) is 3.91. The zero-order valence-electron chi connectivity index (χ0n) is 16.7. The van der Waals surface area contributed by atoms with Gasteiger partial charge >= 0.3 is 0 Å². The first-order chi connectivity index (χ1) is 14.5. The predicted molar refractivity (Wildman–Crippen MR) is 113 cm³/mol. The molecule has 1 aliphatic heterocycles. The topological polar surface area (TPSA) is 80.0 Å². The second-order valence-electron chi connectivity index (χ2n) is 7.72. The van der Waals surface area contributed by atoms with Crippen LogP contribution in [0, 0.1) is 17.6 Å². The number of nitrogens with two attached hydrogens (primary N) is 1. The first-order valence-corrected chi connectivity index (χ1v) is 9.96. The van der Waals surface area contributed by atoms with Crippen LogP contribution in [0.3, 0.4) is 0 Å². The maximum Gasteiger partial charge on any atom is 0.165 e. The number of hydrogen-bond acceptors (Lipinski definition) is 6. The minimum atomic E-state index is -0.690. The lowest BCUT2D eigenvalue weighted by Gasteiger charge is -2.37. The fourth-order valence-electron chi connectivity index (χ4n) is 3.91. The predicted octanol–water partition coefficient (Wildman–Crippen LogP) is 3.60. The highest BCUT2D eigenvalue weighted by atomic mass is 19.1. The van der Waals surface area contributed by atoms with Gasteiger partial charge in [0, 0.05) is 31.5 Å². The average molecular weight is 410 g/mol. The van der Waals surface area contributed by atoms with Gasteiger partial charge in [0.2, 0.25) is 0 Å². The summed E-state index contributed by atoms with van der Waals surface area (Å²) in [5, 5.41) is 3.34. The molecule has 3 heterocycles. The van der Waals surface area contributed by atoms with Gasteiger partial charge in [-0.3, -0.25) is 4.98 Å². The molecule has 30 heavy (non-hydrogen) atoms. The van der Waals surface area contributed by atoms with Gasteiger partial charge in [0.25, 0.3) is 0 Å². The molecule has 1 fully saturated rings. The molecular weight excluding hydrogens is 386 g/mol. The van der Waals surface area contributed by atoms with E-state index in [9.17, 15) is 8.78 Å². The average Bonchev–Trinajstić information content (AvgIpc) is 2.72. The van der Waals surface area contributed by atoms with Gasteiger partial charge in [-0.15, -0.1) is 0 Å². The molecule has 0 aliphatic carbocycles. The Balaban J connectivity index is 1.54. The van der Waals surface area contributed by atoms with Crippen LogP contribution in [0.5, 0.6) is 0 Å². The first kappa shape index (κ1) is 20.2. The van der Waals surface area contributed by atoms with E-state index in [0.29, 0.717) is 18.2 Å². The number of rotatable bonds is 5. The van der Waals surface area contributed by atoms with Crippen LogP contribution in [0.4, 0.5) is 20.2 Å². The second-order valence-corrected chi connectivity index (χ2v) is 7.72. The summed E-state index contributed by atoms with van der Waals surface area (Å²) in [6.07, 6.45) is 6.04. The summed E-state index contributed by atoms with van der Waals surface area (Å²) in [6, 6.07) is 7.52. The Morgan fingerprint density at radius 3 is 2.70 bits per heavy atom. The van der Waals surface area contributed by atoms with Crippen molar-refractivity contribution in [3.05, 3.63) is 66.3 Å². The van der Waals surface area contributed by atoms with Gasteiger partial charge < -0.3 is 16.0 Å². The van der Waals surface area contributed by atoms with Gasteiger partial charge in [-0.05, 0) is 36.6 Å². The highest BCUT2D eigenvalue weighted by Crippen LogP contribution is 2.29. The fraction of sp³-hybridized carbons (Fsp3) is 0.318. The monoisotopic (exact) mass is 410 g/mol. The van der Waals surface area contributed by atoms with Gasteiger partial charge in [-0.1, -0.05) is 13.0 Å². The van der Waals surface area contributed by atoms with Crippen molar-refractivity contribution in [3.63, 3.8) is 0 Å². The molecule has 156 valence electrons. The lowest BCUT2D eigenvalue weighted by molar-refractivity contribution is 0.402. The molecule has 2 atom stereocenters. The quantitative estimate of drug-likeness (QED) is 0.669. The molecule has 0 radical (unpaired) electrons. The number of piperidine rings is 1. The van der Waals surface area contributed by atoms with Gasteiger partial charge in [0.15, 0.2) is 5.82 Å². The van der Waals surface area contributed by atoms with Gasteiger partial charge in [-0.2, -0.15) is 0 Å². The number of halogens is 2. The Kier molecular flexibility index (Phi) is 5.85. The van der Waals surface area contributed by atoms with E-state index in [1.807, 2.05) is 6.07 Å². The maximum atomic E-state index is 14.1. The van der Waals surface area contributed by atoms with E-state index in [1.165, 1.54) is 24.4 Å². The summed E-state index contributed by atoms with van der Waals surface area (Å²) in [7, 11) is 0. The Morgan fingerprint density at radius 1 is 1.13 bits per heavy atom. The van der Waals surface area contributed by atoms with E-state index < -0.39 is 11.6 Å². The SMILES string of the molecule is C[C@@H]1C[C@H](N)CN(c2ccncc2NCc2ccnc(-c3c(F)cccc3F)n2)C1. The van der Waals surface area contributed by atoms with E-state index in [-0.39, 0.29) is 17.4 Å². The smallest absolute Gasteiger partial charge is 0.165 e.